The van der Waals surface area contributed by atoms with Crippen LogP contribution in [0.25, 0.3) is 0 Å². The Kier molecular flexibility index (Phi) is 15.0. The smallest absolute Gasteiger partial charge is 0.260 e. The van der Waals surface area contributed by atoms with E-state index in [0.717, 1.165) is 65.0 Å². The van der Waals surface area contributed by atoms with Crippen LogP contribution in [0.1, 0.15) is 120 Å². The Morgan fingerprint density at radius 2 is 1.34 bits per heavy atom. The fourth-order valence-corrected chi connectivity index (χ4v) is 10.8. The summed E-state index contributed by atoms with van der Waals surface area (Å²) < 4.78 is 18.9. The average molecular weight is 988 g/mol. The summed E-state index contributed by atoms with van der Waals surface area (Å²) in [6.07, 6.45) is 5.34. The first-order valence-electron chi connectivity index (χ1n) is 25.6. The van der Waals surface area contributed by atoms with Gasteiger partial charge in [0, 0.05) is 79.9 Å². The van der Waals surface area contributed by atoms with Gasteiger partial charge in [-0.25, -0.2) is 0 Å². The van der Waals surface area contributed by atoms with Crippen molar-refractivity contribution in [3.8, 4) is 17.2 Å². The summed E-state index contributed by atoms with van der Waals surface area (Å²) in [5.41, 5.74) is 9.84. The van der Waals surface area contributed by atoms with Crippen molar-refractivity contribution in [1.29, 1.82) is 0 Å². The molecule has 4 amide bonds. The van der Waals surface area contributed by atoms with Crippen LogP contribution in [0.2, 0.25) is 0 Å². The second-order valence-electron chi connectivity index (χ2n) is 20.1. The molecule has 0 saturated heterocycles. The highest BCUT2D eigenvalue weighted by molar-refractivity contribution is 6.12. The van der Waals surface area contributed by atoms with E-state index in [2.05, 4.69) is 27.7 Å². The Bertz CT molecular complexity index is 2990. The molecule has 0 fully saturated rings. The van der Waals surface area contributed by atoms with Crippen molar-refractivity contribution >= 4 is 57.9 Å². The van der Waals surface area contributed by atoms with Crippen LogP contribution in [0, 0.1) is 12.8 Å². The number of nitrogens with one attached hydrogen (secondary N) is 2. The molecule has 0 radical (unpaired) electrons. The van der Waals surface area contributed by atoms with Crippen LogP contribution < -0.4 is 39.5 Å². The molecule has 9 rings (SSSR count). The van der Waals surface area contributed by atoms with E-state index in [1.165, 1.54) is 5.56 Å². The summed E-state index contributed by atoms with van der Waals surface area (Å²) in [7, 11) is 3.52. The Morgan fingerprint density at radius 3 is 2.03 bits per heavy atom. The molecule has 4 atom stereocenters. The lowest BCUT2D eigenvalue weighted by Crippen LogP contribution is -2.41. The number of carbonyl (C=O) groups excluding carboxylic acids is 6. The number of ether oxygens (including phenoxy) is 3. The van der Waals surface area contributed by atoms with Crippen LogP contribution in [0.15, 0.2) is 91.0 Å². The molecule has 0 bridgehead atoms. The highest BCUT2D eigenvalue weighted by Gasteiger charge is 2.40. The van der Waals surface area contributed by atoms with Gasteiger partial charge >= 0.3 is 0 Å². The number of hydrogen-bond donors (Lipinski definition) is 2. The number of para-hydroxylation sites is 2. The number of likely N-dealkylation sites (N-methyl/N-ethyl adjacent to an activating group) is 1. The normalized spacial score (nSPS) is 17.2. The number of aryl methyl sites for hydroxylation is 2. The molecule has 14 heteroatoms. The van der Waals surface area contributed by atoms with Crippen LogP contribution in [0.4, 0.5) is 22.7 Å². The minimum atomic E-state index is -0.788. The van der Waals surface area contributed by atoms with E-state index in [-0.39, 0.29) is 73.3 Å². The van der Waals surface area contributed by atoms with Crippen molar-refractivity contribution in [2.45, 2.75) is 123 Å². The van der Waals surface area contributed by atoms with Gasteiger partial charge in [-0.15, -0.1) is 0 Å². The van der Waals surface area contributed by atoms with E-state index in [1.807, 2.05) is 103 Å². The standard InChI is InChI=1S/C59H65N5O9/c1-7-46(65)16-10-13-19-56(67)60-37(4)52(66)23-36(3)57(68)61-43-25-38(33-72-53-29-40-20-21-44-27-41-14-8-11-17-49(41)63(44)58(69)47(40)22-35(53)2)24-39(26-43)34-73-55-31-51-48(30-54(55)71-6)59(70)64-45(32-62(51)5)28-42-15-9-12-18-50(42)64/h8-9,11-12,14-15,17-18,22,24-26,29-31,36-37,44-45H,7,10,13,16,19-21,23,27-28,32-34H2,1-6H3,(H,60,67)(H,61,68)/t36-,37+,44-,45+/m1/s1. The highest BCUT2D eigenvalue weighted by Crippen LogP contribution is 2.43. The minimum Gasteiger partial charge on any atom is -0.493 e. The number of amides is 4. The van der Waals surface area contributed by atoms with Gasteiger partial charge in [-0.05, 0) is 134 Å². The monoisotopic (exact) mass is 987 g/mol. The van der Waals surface area contributed by atoms with E-state index in [4.69, 9.17) is 14.2 Å². The van der Waals surface area contributed by atoms with Crippen molar-refractivity contribution in [3.63, 3.8) is 0 Å². The third kappa shape index (κ3) is 10.8. The SMILES string of the molecule is CCC(=O)CCCCC(=O)N[C@@H](C)C(=O)C[C@@H](C)C(=O)Nc1cc(COc2cc3c(cc2C)C(=O)N2c4ccccc4C[C@H]2CC3)cc(COc2cc3c(cc2OC)C(=O)N2c4ccccc4C[C@H]2CN3C)c1. The summed E-state index contributed by atoms with van der Waals surface area (Å²) in [5.74, 6) is -0.104. The fraction of sp³-hybridized carbons (Fsp3) is 0.390. The molecule has 14 nitrogen and oxygen atoms in total. The topological polar surface area (TPSA) is 164 Å². The minimum absolute atomic E-state index is 0.00335. The lowest BCUT2D eigenvalue weighted by molar-refractivity contribution is -0.129. The summed E-state index contributed by atoms with van der Waals surface area (Å²) >= 11 is 0. The number of unbranched alkanes of at least 4 members (excludes halogenated alkanes) is 1. The molecule has 0 aliphatic carbocycles. The summed E-state index contributed by atoms with van der Waals surface area (Å²) in [4.78, 5) is 85.7. The molecular formula is C59H65N5O9. The van der Waals surface area contributed by atoms with Crippen molar-refractivity contribution in [2.75, 3.05) is 40.7 Å². The van der Waals surface area contributed by atoms with Gasteiger partial charge in [0.05, 0.1) is 30.4 Å². The molecule has 0 spiro atoms. The van der Waals surface area contributed by atoms with E-state index >= 15 is 0 Å². The quantitative estimate of drug-likeness (QED) is 0.0763. The number of rotatable bonds is 19. The first kappa shape index (κ1) is 50.5. The van der Waals surface area contributed by atoms with Crippen LogP contribution in [-0.4, -0.2) is 74.0 Å². The second kappa shape index (κ2) is 21.7. The van der Waals surface area contributed by atoms with E-state index in [9.17, 15) is 28.8 Å². The first-order chi connectivity index (χ1) is 35.2. The molecule has 5 aromatic rings. The molecule has 0 unspecified atom stereocenters. The molecule has 0 saturated carbocycles. The maximum atomic E-state index is 14.3. The highest BCUT2D eigenvalue weighted by atomic mass is 16.5. The summed E-state index contributed by atoms with van der Waals surface area (Å²) in [6, 6.07) is 28.5. The van der Waals surface area contributed by atoms with Crippen LogP contribution in [-0.2, 0) is 51.7 Å². The Hall–Kier alpha value is -7.48. The number of nitrogens with zero attached hydrogens (tertiary/aromatic N) is 3. The molecule has 0 aromatic heterocycles. The number of Topliss-reactive ketones (excluding diaryl/α,β-unsaturated/α-hetero) is 2. The van der Waals surface area contributed by atoms with Gasteiger partial charge in [0.15, 0.2) is 17.3 Å². The van der Waals surface area contributed by atoms with Gasteiger partial charge in [-0.3, -0.25) is 28.8 Å². The van der Waals surface area contributed by atoms with E-state index < -0.39 is 12.0 Å². The molecule has 4 heterocycles. The number of benzene rings is 5. The maximum absolute atomic E-state index is 14.3. The molecule has 4 aliphatic heterocycles. The van der Waals surface area contributed by atoms with Gasteiger partial charge in [-0.2, -0.15) is 0 Å². The van der Waals surface area contributed by atoms with Crippen LogP contribution in [0.5, 0.6) is 17.2 Å². The summed E-state index contributed by atoms with van der Waals surface area (Å²) in [6.45, 7) is 7.86. The zero-order valence-corrected chi connectivity index (χ0v) is 42.7. The number of fused-ring (bicyclic) bond motifs is 8. The van der Waals surface area contributed by atoms with Gasteiger partial charge in [0.1, 0.15) is 24.7 Å². The maximum Gasteiger partial charge on any atom is 0.260 e. The Labute approximate surface area is 427 Å². The number of hydrogen-bond acceptors (Lipinski definition) is 10. The van der Waals surface area contributed by atoms with Crippen molar-refractivity contribution < 1.29 is 43.0 Å². The number of ketones is 2. The summed E-state index contributed by atoms with van der Waals surface area (Å²) in [5, 5.41) is 5.77. The Balaban J connectivity index is 0.928. The lowest BCUT2D eigenvalue weighted by atomic mass is 9.98. The van der Waals surface area contributed by atoms with E-state index in [0.29, 0.717) is 71.9 Å². The van der Waals surface area contributed by atoms with Crippen molar-refractivity contribution in [2.24, 2.45) is 5.92 Å². The average Bonchev–Trinajstić information content (AvgIpc) is 3.88. The largest absolute Gasteiger partial charge is 0.493 e. The van der Waals surface area contributed by atoms with Crippen LogP contribution >= 0.6 is 0 Å². The van der Waals surface area contributed by atoms with Gasteiger partial charge in [-0.1, -0.05) is 50.2 Å². The number of methoxy groups -OCH3 is 1. The molecule has 380 valence electrons. The fourth-order valence-electron chi connectivity index (χ4n) is 10.8. The molecule has 4 aliphatic rings. The third-order valence-corrected chi connectivity index (χ3v) is 14.8. The molecule has 2 N–H and O–H groups in total. The zero-order valence-electron chi connectivity index (χ0n) is 42.7. The molecular weight excluding hydrogens is 923 g/mol. The lowest BCUT2D eigenvalue weighted by Gasteiger charge is -2.25. The van der Waals surface area contributed by atoms with Crippen molar-refractivity contribution in [1.82, 2.24) is 5.32 Å². The van der Waals surface area contributed by atoms with Gasteiger partial charge < -0.3 is 39.5 Å². The number of carbonyl (C=O) groups is 6. The predicted octanol–water partition coefficient (Wildman–Crippen LogP) is 9.28. The number of anilines is 4. The van der Waals surface area contributed by atoms with Gasteiger partial charge in [0.2, 0.25) is 11.8 Å². The van der Waals surface area contributed by atoms with Crippen molar-refractivity contribution in [3.05, 3.63) is 136 Å². The Morgan fingerprint density at radius 1 is 0.712 bits per heavy atom. The van der Waals surface area contributed by atoms with E-state index in [1.54, 1.807) is 27.0 Å². The predicted molar refractivity (Wildman–Crippen MR) is 281 cm³/mol. The zero-order chi connectivity index (χ0) is 51.5. The van der Waals surface area contributed by atoms with Crippen LogP contribution in [0.3, 0.4) is 0 Å². The first-order valence-corrected chi connectivity index (χ1v) is 25.6. The van der Waals surface area contributed by atoms with Gasteiger partial charge in [0.25, 0.3) is 11.8 Å². The molecule has 5 aromatic carbocycles. The third-order valence-electron chi connectivity index (χ3n) is 14.8. The second-order valence-corrected chi connectivity index (χ2v) is 20.1. The molecule has 73 heavy (non-hydrogen) atoms.